The zero-order valence-corrected chi connectivity index (χ0v) is 15.4. The Hall–Kier alpha value is -1.82. The summed E-state index contributed by atoms with van der Waals surface area (Å²) < 4.78 is 0. The Bertz CT molecular complexity index is 753. The molecule has 1 aromatic heterocycles. The lowest BCUT2D eigenvalue weighted by Gasteiger charge is -2.35. The van der Waals surface area contributed by atoms with E-state index in [9.17, 15) is 4.79 Å². The smallest absolute Gasteiger partial charge is 0.237 e. The highest BCUT2D eigenvalue weighted by Crippen LogP contribution is 2.33. The molecule has 2 heterocycles. The lowest BCUT2D eigenvalue weighted by atomic mass is 9.97. The highest BCUT2D eigenvalue weighted by Gasteiger charge is 2.28. The summed E-state index contributed by atoms with van der Waals surface area (Å²) in [5.74, 6) is 2.02. The van der Waals surface area contributed by atoms with Gasteiger partial charge in [-0.3, -0.25) is 9.89 Å². The van der Waals surface area contributed by atoms with Crippen molar-refractivity contribution in [3.05, 3.63) is 35.7 Å². The summed E-state index contributed by atoms with van der Waals surface area (Å²) >= 11 is 1.43. The van der Waals surface area contributed by atoms with Crippen LogP contribution in [0.3, 0.4) is 0 Å². The molecule has 0 saturated heterocycles. The van der Waals surface area contributed by atoms with Crippen molar-refractivity contribution in [3.63, 3.8) is 0 Å². The van der Waals surface area contributed by atoms with E-state index >= 15 is 0 Å². The molecule has 2 aromatic rings. The first-order valence-electron chi connectivity index (χ1n) is 9.17. The lowest BCUT2D eigenvalue weighted by Crippen LogP contribution is -2.43. The number of rotatable bonds is 4. The fourth-order valence-electron chi connectivity index (χ4n) is 3.97. The molecule has 0 bridgehead atoms. The van der Waals surface area contributed by atoms with Gasteiger partial charge in [0.05, 0.1) is 5.75 Å². The van der Waals surface area contributed by atoms with E-state index in [-0.39, 0.29) is 11.9 Å². The van der Waals surface area contributed by atoms with E-state index in [0.717, 1.165) is 24.4 Å². The van der Waals surface area contributed by atoms with E-state index in [1.54, 1.807) is 0 Å². The minimum atomic E-state index is 0.136. The van der Waals surface area contributed by atoms with Crippen LogP contribution in [0.15, 0.2) is 29.4 Å². The average molecular weight is 356 g/mol. The summed E-state index contributed by atoms with van der Waals surface area (Å²) in [6.07, 6.45) is 7.00. The van der Waals surface area contributed by atoms with E-state index in [1.807, 2.05) is 17.0 Å². The fraction of sp³-hybridized carbons (Fsp3) is 0.526. The van der Waals surface area contributed by atoms with Crippen LogP contribution >= 0.6 is 11.8 Å². The lowest BCUT2D eigenvalue weighted by molar-refractivity contribution is -0.116. The first kappa shape index (κ1) is 16.6. The topological polar surface area (TPSA) is 61.9 Å². The number of para-hydroxylation sites is 1. The molecule has 6 heteroatoms. The number of H-pyrrole nitrogens is 1. The molecule has 5 nitrogen and oxygen atoms in total. The van der Waals surface area contributed by atoms with Gasteiger partial charge < -0.3 is 4.90 Å². The van der Waals surface area contributed by atoms with Gasteiger partial charge in [0.2, 0.25) is 11.1 Å². The first-order chi connectivity index (χ1) is 12.2. The number of thioether (sulfide) groups is 1. The van der Waals surface area contributed by atoms with Crippen LogP contribution in [0.5, 0.6) is 0 Å². The minimum Gasteiger partial charge on any atom is -0.309 e. The number of aromatic nitrogens is 3. The SMILES string of the molecule is C[C@@H]1CCc2ccccc2N1C(=O)CSc1n[nH]c(C2CCCC2)n1. The highest BCUT2D eigenvalue weighted by molar-refractivity contribution is 7.99. The molecule has 132 valence electrons. The molecule has 25 heavy (non-hydrogen) atoms. The van der Waals surface area contributed by atoms with Crippen LogP contribution < -0.4 is 4.90 Å². The quantitative estimate of drug-likeness (QED) is 0.844. The molecular weight excluding hydrogens is 332 g/mol. The van der Waals surface area contributed by atoms with Gasteiger partial charge >= 0.3 is 0 Å². The zero-order chi connectivity index (χ0) is 17.2. The molecule has 4 rings (SSSR count). The molecule has 1 atom stereocenters. The summed E-state index contributed by atoms with van der Waals surface area (Å²) in [6, 6.07) is 8.47. The van der Waals surface area contributed by atoms with Crippen LogP contribution in [-0.2, 0) is 11.2 Å². The van der Waals surface area contributed by atoms with Crippen molar-refractivity contribution in [1.29, 1.82) is 0 Å². The normalized spacial score (nSPS) is 20.7. The van der Waals surface area contributed by atoms with Gasteiger partial charge in [0, 0.05) is 17.6 Å². The number of nitrogens with one attached hydrogen (secondary N) is 1. The second-order valence-electron chi connectivity index (χ2n) is 7.05. The van der Waals surface area contributed by atoms with Crippen molar-refractivity contribution in [1.82, 2.24) is 15.2 Å². The predicted molar refractivity (Wildman–Crippen MR) is 100 cm³/mol. The number of amides is 1. The highest BCUT2D eigenvalue weighted by atomic mass is 32.2. The average Bonchev–Trinajstić information content (AvgIpc) is 3.31. The number of hydrogen-bond donors (Lipinski definition) is 1. The number of aromatic amines is 1. The van der Waals surface area contributed by atoms with Gasteiger partial charge in [-0.2, -0.15) is 0 Å². The fourth-order valence-corrected chi connectivity index (χ4v) is 4.63. The number of anilines is 1. The third kappa shape index (κ3) is 3.45. The summed E-state index contributed by atoms with van der Waals surface area (Å²) in [4.78, 5) is 19.4. The molecule has 1 N–H and O–H groups in total. The van der Waals surface area contributed by atoms with E-state index in [0.29, 0.717) is 16.8 Å². The second-order valence-corrected chi connectivity index (χ2v) is 8.00. The van der Waals surface area contributed by atoms with Crippen LogP contribution in [0.4, 0.5) is 5.69 Å². The molecule has 1 aliphatic carbocycles. The van der Waals surface area contributed by atoms with Crippen LogP contribution in [0.1, 0.15) is 56.3 Å². The van der Waals surface area contributed by atoms with E-state index in [2.05, 4.69) is 34.2 Å². The molecule has 0 spiro atoms. The number of carbonyl (C=O) groups excluding carboxylic acids is 1. The number of fused-ring (bicyclic) bond motifs is 1. The third-order valence-corrected chi connectivity index (χ3v) is 6.17. The Morgan fingerprint density at radius 3 is 2.92 bits per heavy atom. The summed E-state index contributed by atoms with van der Waals surface area (Å²) in [5.41, 5.74) is 2.33. The van der Waals surface area contributed by atoms with Crippen LogP contribution in [0, 0.1) is 0 Å². The number of benzene rings is 1. The van der Waals surface area contributed by atoms with Gasteiger partial charge in [0.25, 0.3) is 0 Å². The Kier molecular flexibility index (Phi) is 4.79. The molecule has 2 aliphatic rings. The van der Waals surface area contributed by atoms with Gasteiger partial charge in [0.1, 0.15) is 5.82 Å². The van der Waals surface area contributed by atoms with Crippen molar-refractivity contribution in [3.8, 4) is 0 Å². The van der Waals surface area contributed by atoms with E-state index in [1.165, 1.54) is 43.0 Å². The van der Waals surface area contributed by atoms with Crippen molar-refractivity contribution in [2.24, 2.45) is 0 Å². The molecule has 1 amide bonds. The van der Waals surface area contributed by atoms with E-state index in [4.69, 9.17) is 0 Å². The van der Waals surface area contributed by atoms with Gasteiger partial charge in [-0.15, -0.1) is 5.10 Å². The zero-order valence-electron chi connectivity index (χ0n) is 14.6. The third-order valence-electron chi connectivity index (χ3n) is 5.34. The largest absolute Gasteiger partial charge is 0.309 e. The number of nitrogens with zero attached hydrogens (tertiary/aromatic N) is 3. The Balaban J connectivity index is 1.42. The maximum Gasteiger partial charge on any atom is 0.237 e. The molecule has 1 aliphatic heterocycles. The minimum absolute atomic E-state index is 0.136. The van der Waals surface area contributed by atoms with Crippen molar-refractivity contribution >= 4 is 23.4 Å². The summed E-state index contributed by atoms with van der Waals surface area (Å²) in [6.45, 7) is 2.13. The van der Waals surface area contributed by atoms with Gasteiger partial charge in [0.15, 0.2) is 0 Å². The number of carbonyl (C=O) groups is 1. The van der Waals surface area contributed by atoms with Crippen LogP contribution in [0.25, 0.3) is 0 Å². The van der Waals surface area contributed by atoms with Gasteiger partial charge in [-0.1, -0.05) is 42.8 Å². The number of aryl methyl sites for hydroxylation is 1. The first-order valence-corrected chi connectivity index (χ1v) is 10.2. The second kappa shape index (κ2) is 7.20. The van der Waals surface area contributed by atoms with Crippen molar-refractivity contribution < 1.29 is 4.79 Å². The van der Waals surface area contributed by atoms with Gasteiger partial charge in [-0.05, 0) is 44.2 Å². The van der Waals surface area contributed by atoms with Gasteiger partial charge in [-0.25, -0.2) is 4.98 Å². The maximum absolute atomic E-state index is 12.8. The molecule has 1 fully saturated rings. The molecular formula is C19H24N4OS. The summed E-state index contributed by atoms with van der Waals surface area (Å²) in [7, 11) is 0. The summed E-state index contributed by atoms with van der Waals surface area (Å²) in [5, 5.41) is 8.05. The predicted octanol–water partition coefficient (Wildman–Crippen LogP) is 3.92. The van der Waals surface area contributed by atoms with Crippen LogP contribution in [-0.4, -0.2) is 32.9 Å². The number of hydrogen-bond acceptors (Lipinski definition) is 4. The standard InChI is InChI=1S/C19H24N4OS/c1-13-10-11-14-6-4-5-9-16(14)23(13)17(24)12-25-19-20-18(21-22-19)15-7-2-3-8-15/h4-6,9,13,15H,2-3,7-8,10-12H2,1H3,(H,20,21,22)/t13-/m1/s1. The maximum atomic E-state index is 12.8. The van der Waals surface area contributed by atoms with Crippen molar-refractivity contribution in [2.45, 2.75) is 62.6 Å². The Labute approximate surface area is 152 Å². The molecule has 1 saturated carbocycles. The van der Waals surface area contributed by atoms with Crippen molar-refractivity contribution in [2.75, 3.05) is 10.7 Å². The Morgan fingerprint density at radius 1 is 1.28 bits per heavy atom. The molecule has 0 radical (unpaired) electrons. The Morgan fingerprint density at radius 2 is 2.08 bits per heavy atom. The monoisotopic (exact) mass is 356 g/mol. The van der Waals surface area contributed by atoms with Crippen LogP contribution in [0.2, 0.25) is 0 Å². The molecule has 0 unspecified atom stereocenters. The molecule has 1 aromatic carbocycles. The van der Waals surface area contributed by atoms with E-state index < -0.39 is 0 Å².